The largest absolute Gasteiger partial charge is 0.394 e. The van der Waals surface area contributed by atoms with E-state index in [9.17, 15) is 10.2 Å². The van der Waals surface area contributed by atoms with Crippen molar-refractivity contribution >= 4 is 0 Å². The molecule has 1 saturated heterocycles. The molecule has 1 fully saturated rings. The monoisotopic (exact) mass is 266 g/mol. The molecule has 0 bridgehead atoms. The van der Waals surface area contributed by atoms with E-state index in [1.807, 2.05) is 0 Å². The van der Waals surface area contributed by atoms with E-state index < -0.39 is 24.5 Å². The molecule has 4 atom stereocenters. The Hall–Kier alpha value is -1.74. The molecule has 0 amide bonds. The fourth-order valence-electron chi connectivity index (χ4n) is 2.12. The number of hydrogen-bond donors (Lipinski definition) is 4. The normalized spacial score (nSPS) is 30.9. The van der Waals surface area contributed by atoms with Gasteiger partial charge in [-0.2, -0.15) is 10.2 Å². The molecule has 2 aromatic heterocycles. The number of aliphatic hydroxyl groups is 3. The lowest BCUT2D eigenvalue weighted by Gasteiger charge is -2.14. The summed E-state index contributed by atoms with van der Waals surface area (Å²) in [4.78, 5) is 0. The lowest BCUT2D eigenvalue weighted by molar-refractivity contribution is -0.0585. The SMILES string of the molecule is OC[C@H]1O[C@@H](n2ccc(-c3cn[nH]c3)n2)C(O)C1O. The first-order chi connectivity index (χ1) is 9.20. The van der Waals surface area contributed by atoms with Crippen LogP contribution in [0.15, 0.2) is 24.7 Å². The van der Waals surface area contributed by atoms with Crippen LogP contribution in [0.3, 0.4) is 0 Å². The highest BCUT2D eigenvalue weighted by Crippen LogP contribution is 2.29. The first kappa shape index (κ1) is 12.3. The van der Waals surface area contributed by atoms with Gasteiger partial charge in [-0.05, 0) is 6.07 Å². The van der Waals surface area contributed by atoms with Crippen molar-refractivity contribution in [3.05, 3.63) is 24.7 Å². The molecule has 19 heavy (non-hydrogen) atoms. The first-order valence-corrected chi connectivity index (χ1v) is 5.87. The fourth-order valence-corrected chi connectivity index (χ4v) is 2.12. The summed E-state index contributed by atoms with van der Waals surface area (Å²) in [6.45, 7) is -0.357. The van der Waals surface area contributed by atoms with Gasteiger partial charge in [-0.25, -0.2) is 4.68 Å². The molecule has 102 valence electrons. The van der Waals surface area contributed by atoms with Crippen LogP contribution in [0.1, 0.15) is 6.23 Å². The van der Waals surface area contributed by atoms with Crippen molar-refractivity contribution in [2.24, 2.45) is 0 Å². The van der Waals surface area contributed by atoms with Gasteiger partial charge < -0.3 is 20.1 Å². The quantitative estimate of drug-likeness (QED) is 0.559. The van der Waals surface area contributed by atoms with Gasteiger partial charge in [0.25, 0.3) is 0 Å². The van der Waals surface area contributed by atoms with E-state index in [1.165, 1.54) is 4.68 Å². The molecule has 0 aromatic carbocycles. The number of rotatable bonds is 3. The van der Waals surface area contributed by atoms with Crippen molar-refractivity contribution in [1.29, 1.82) is 0 Å². The molecular weight excluding hydrogens is 252 g/mol. The average molecular weight is 266 g/mol. The van der Waals surface area contributed by atoms with Gasteiger partial charge in [0, 0.05) is 18.0 Å². The Morgan fingerprint density at radius 2 is 2.21 bits per heavy atom. The van der Waals surface area contributed by atoms with Gasteiger partial charge in [-0.15, -0.1) is 0 Å². The van der Waals surface area contributed by atoms with Crippen LogP contribution in [0.5, 0.6) is 0 Å². The summed E-state index contributed by atoms with van der Waals surface area (Å²) in [6, 6.07) is 1.75. The molecule has 0 spiro atoms. The smallest absolute Gasteiger partial charge is 0.179 e. The second kappa shape index (κ2) is 4.74. The third-order valence-electron chi connectivity index (χ3n) is 3.18. The molecule has 0 aliphatic carbocycles. The highest BCUT2D eigenvalue weighted by atomic mass is 16.6. The highest BCUT2D eigenvalue weighted by Gasteiger charge is 2.43. The Morgan fingerprint density at radius 1 is 1.37 bits per heavy atom. The summed E-state index contributed by atoms with van der Waals surface area (Å²) in [5.74, 6) is 0. The molecule has 3 rings (SSSR count). The van der Waals surface area contributed by atoms with Crippen LogP contribution in [0, 0.1) is 0 Å². The maximum atomic E-state index is 9.89. The van der Waals surface area contributed by atoms with Gasteiger partial charge in [-0.3, -0.25) is 5.10 Å². The van der Waals surface area contributed by atoms with Crippen molar-refractivity contribution in [3.63, 3.8) is 0 Å². The number of ether oxygens (including phenoxy) is 1. The van der Waals surface area contributed by atoms with E-state index in [-0.39, 0.29) is 6.61 Å². The molecule has 0 radical (unpaired) electrons. The number of H-pyrrole nitrogens is 1. The summed E-state index contributed by atoms with van der Waals surface area (Å²) in [5, 5.41) is 39.4. The summed E-state index contributed by atoms with van der Waals surface area (Å²) in [6.07, 6.45) is 1.09. The van der Waals surface area contributed by atoms with Crippen molar-refractivity contribution in [2.75, 3.05) is 6.61 Å². The Labute approximate surface area is 108 Å². The minimum absolute atomic E-state index is 0.357. The van der Waals surface area contributed by atoms with Crippen LogP contribution in [0.25, 0.3) is 11.3 Å². The van der Waals surface area contributed by atoms with Gasteiger partial charge >= 0.3 is 0 Å². The Bertz CT molecular complexity index is 541. The fraction of sp³-hybridized carbons (Fsp3) is 0.455. The number of aromatic amines is 1. The van der Waals surface area contributed by atoms with Crippen molar-refractivity contribution in [3.8, 4) is 11.3 Å². The van der Waals surface area contributed by atoms with Gasteiger partial charge in [0.2, 0.25) is 0 Å². The van der Waals surface area contributed by atoms with Crippen LogP contribution in [0.2, 0.25) is 0 Å². The van der Waals surface area contributed by atoms with E-state index in [2.05, 4.69) is 15.3 Å². The highest BCUT2D eigenvalue weighted by molar-refractivity contribution is 5.55. The van der Waals surface area contributed by atoms with Gasteiger partial charge in [-0.1, -0.05) is 0 Å². The Balaban J connectivity index is 1.84. The van der Waals surface area contributed by atoms with Gasteiger partial charge in [0.1, 0.15) is 18.3 Å². The molecule has 8 heteroatoms. The van der Waals surface area contributed by atoms with E-state index in [0.29, 0.717) is 5.69 Å². The van der Waals surface area contributed by atoms with Crippen molar-refractivity contribution in [2.45, 2.75) is 24.5 Å². The molecular formula is C11H14N4O4. The van der Waals surface area contributed by atoms with Crippen molar-refractivity contribution in [1.82, 2.24) is 20.0 Å². The van der Waals surface area contributed by atoms with Gasteiger partial charge in [0.05, 0.1) is 18.5 Å². The summed E-state index contributed by atoms with van der Waals surface area (Å²) in [5.41, 5.74) is 1.48. The Morgan fingerprint density at radius 3 is 2.84 bits per heavy atom. The first-order valence-electron chi connectivity index (χ1n) is 5.87. The molecule has 1 aliphatic heterocycles. The van der Waals surface area contributed by atoms with Crippen molar-refractivity contribution < 1.29 is 20.1 Å². The number of hydrogen-bond acceptors (Lipinski definition) is 6. The third-order valence-corrected chi connectivity index (χ3v) is 3.18. The molecule has 2 unspecified atom stereocenters. The molecule has 4 N–H and O–H groups in total. The second-order valence-corrected chi connectivity index (χ2v) is 4.40. The number of nitrogens with zero attached hydrogens (tertiary/aromatic N) is 3. The third kappa shape index (κ3) is 2.04. The summed E-state index contributed by atoms with van der Waals surface area (Å²) >= 11 is 0. The average Bonchev–Trinajstić information content (AvgIpc) is 3.12. The summed E-state index contributed by atoms with van der Waals surface area (Å²) < 4.78 is 6.80. The maximum Gasteiger partial charge on any atom is 0.179 e. The molecule has 1 aliphatic rings. The lowest BCUT2D eigenvalue weighted by Crippen LogP contribution is -2.33. The lowest BCUT2D eigenvalue weighted by atomic mass is 10.1. The van der Waals surface area contributed by atoms with E-state index in [0.717, 1.165) is 5.56 Å². The number of nitrogens with one attached hydrogen (secondary N) is 1. The molecule has 2 aromatic rings. The van der Waals surface area contributed by atoms with Crippen LogP contribution in [-0.4, -0.2) is 60.2 Å². The minimum atomic E-state index is -1.13. The predicted molar refractivity (Wildman–Crippen MR) is 62.8 cm³/mol. The Kier molecular flexibility index (Phi) is 3.07. The zero-order chi connectivity index (χ0) is 13.4. The van der Waals surface area contributed by atoms with Crippen LogP contribution in [0.4, 0.5) is 0 Å². The van der Waals surface area contributed by atoms with Crippen LogP contribution < -0.4 is 0 Å². The molecule has 3 heterocycles. The van der Waals surface area contributed by atoms with Crippen LogP contribution in [-0.2, 0) is 4.74 Å². The number of aliphatic hydroxyl groups excluding tert-OH is 3. The van der Waals surface area contributed by atoms with Crippen LogP contribution >= 0.6 is 0 Å². The van der Waals surface area contributed by atoms with Gasteiger partial charge in [0.15, 0.2) is 6.23 Å². The standard InChI is InChI=1S/C11H14N4O4/c16-5-8-9(17)10(18)11(19-8)15-2-1-7(14-15)6-3-12-13-4-6/h1-4,8-11,16-18H,5H2,(H,12,13)/t8-,9?,10?,11-/m1/s1. The van der Waals surface area contributed by atoms with E-state index in [4.69, 9.17) is 9.84 Å². The van der Waals surface area contributed by atoms with E-state index >= 15 is 0 Å². The number of aromatic nitrogens is 4. The zero-order valence-corrected chi connectivity index (χ0v) is 9.92. The maximum absolute atomic E-state index is 9.89. The molecule has 8 nitrogen and oxygen atoms in total. The minimum Gasteiger partial charge on any atom is -0.394 e. The second-order valence-electron chi connectivity index (χ2n) is 4.40. The zero-order valence-electron chi connectivity index (χ0n) is 9.92. The summed E-state index contributed by atoms with van der Waals surface area (Å²) in [7, 11) is 0. The molecule has 0 saturated carbocycles. The van der Waals surface area contributed by atoms with E-state index in [1.54, 1.807) is 24.7 Å². The predicted octanol–water partition coefficient (Wildman–Crippen LogP) is -1.12. The topological polar surface area (TPSA) is 116 Å².